The van der Waals surface area contributed by atoms with Crippen molar-refractivity contribution < 1.29 is 9.53 Å². The van der Waals surface area contributed by atoms with E-state index in [1.54, 1.807) is 0 Å². The summed E-state index contributed by atoms with van der Waals surface area (Å²) < 4.78 is 6.09. The molecular weight excluding hydrogens is 390 g/mol. The molecule has 3 N–H and O–H groups in total. The average molecular weight is 432 g/mol. The van der Waals surface area contributed by atoms with Crippen LogP contribution < -0.4 is 20.7 Å². The van der Waals surface area contributed by atoms with Gasteiger partial charge in [0.05, 0.1) is 13.1 Å². The van der Waals surface area contributed by atoms with Gasteiger partial charge >= 0.3 is 0 Å². The molecule has 0 radical (unpaired) electrons. The molecule has 1 heterocycles. The van der Waals surface area contributed by atoms with Crippen molar-refractivity contribution in [3.8, 4) is 5.75 Å². The zero-order chi connectivity index (χ0) is 22.7. The zero-order valence-electron chi connectivity index (χ0n) is 20.0. The maximum Gasteiger partial charge on any atom is 0.234 e. The predicted octanol–water partition coefficient (Wildman–Crippen LogP) is 2.91. The number of hydrogen-bond donors (Lipinski definition) is 3. The third-order valence-corrected chi connectivity index (χ3v) is 5.01. The molecule has 0 aliphatic carbocycles. The van der Waals surface area contributed by atoms with Crippen LogP contribution in [0.5, 0.6) is 5.75 Å². The second-order valence-electron chi connectivity index (χ2n) is 9.06. The topological polar surface area (TPSA) is 78.0 Å². The number of benzene rings is 1. The average Bonchev–Trinajstić information content (AvgIpc) is 2.72. The normalized spacial score (nSPS) is 16.1. The van der Waals surface area contributed by atoms with Crippen molar-refractivity contribution in [2.24, 2.45) is 4.99 Å². The summed E-state index contributed by atoms with van der Waals surface area (Å²) in [4.78, 5) is 19.0. The van der Waals surface area contributed by atoms with Gasteiger partial charge in [-0.25, -0.2) is 4.99 Å². The Hall–Kier alpha value is -2.28. The molecule has 7 heteroatoms. The number of likely N-dealkylation sites (tertiary alicyclic amines) is 1. The fourth-order valence-electron chi connectivity index (χ4n) is 3.50. The van der Waals surface area contributed by atoms with E-state index in [2.05, 4.69) is 61.5 Å². The number of nitrogens with one attached hydrogen (secondary N) is 3. The summed E-state index contributed by atoms with van der Waals surface area (Å²) in [5, 5.41) is 9.88. The van der Waals surface area contributed by atoms with Gasteiger partial charge in [-0.15, -0.1) is 0 Å². The number of guanidine groups is 1. The maximum atomic E-state index is 11.9. The molecule has 0 saturated carbocycles. The van der Waals surface area contributed by atoms with E-state index in [0.29, 0.717) is 19.1 Å². The Morgan fingerprint density at radius 1 is 1.16 bits per heavy atom. The number of carbonyl (C=O) groups excluding carboxylic acids is 1. The van der Waals surface area contributed by atoms with Crippen LogP contribution in [0.4, 0.5) is 0 Å². The standard InChI is InChI=1S/C24H41N5O2/c1-6-14-26-22(30)18-29-15-12-20(13-16-29)28-23(25-7-2)27-17-19-10-8-9-11-21(19)31-24(3,4)5/h8-11,20H,6-7,12-18H2,1-5H3,(H,26,30)(H2,25,27,28). The van der Waals surface area contributed by atoms with Crippen LogP contribution in [0, 0.1) is 0 Å². The van der Waals surface area contributed by atoms with Gasteiger partial charge in [0.2, 0.25) is 5.91 Å². The van der Waals surface area contributed by atoms with Crippen LogP contribution in [0.2, 0.25) is 0 Å². The largest absolute Gasteiger partial charge is 0.488 e. The van der Waals surface area contributed by atoms with Gasteiger partial charge in [-0.2, -0.15) is 0 Å². The first-order valence-corrected chi connectivity index (χ1v) is 11.6. The molecule has 7 nitrogen and oxygen atoms in total. The number of carbonyl (C=O) groups is 1. The molecule has 1 aromatic rings. The van der Waals surface area contributed by atoms with E-state index in [-0.39, 0.29) is 11.5 Å². The number of ether oxygens (including phenoxy) is 1. The number of nitrogens with zero attached hydrogens (tertiary/aromatic N) is 2. The summed E-state index contributed by atoms with van der Waals surface area (Å²) >= 11 is 0. The van der Waals surface area contributed by atoms with Crippen molar-refractivity contribution in [2.75, 3.05) is 32.7 Å². The minimum Gasteiger partial charge on any atom is -0.488 e. The summed E-state index contributed by atoms with van der Waals surface area (Å²) in [6.45, 7) is 14.7. The first kappa shape index (κ1) is 25.0. The van der Waals surface area contributed by atoms with Crippen LogP contribution in [0.15, 0.2) is 29.3 Å². The van der Waals surface area contributed by atoms with Crippen molar-refractivity contribution in [3.05, 3.63) is 29.8 Å². The fraction of sp³-hybridized carbons (Fsp3) is 0.667. The Morgan fingerprint density at radius 2 is 1.87 bits per heavy atom. The Balaban J connectivity index is 1.90. The molecule has 1 aromatic carbocycles. The molecule has 0 aromatic heterocycles. The first-order chi connectivity index (χ1) is 14.8. The molecule has 31 heavy (non-hydrogen) atoms. The highest BCUT2D eigenvalue weighted by atomic mass is 16.5. The minimum atomic E-state index is -0.246. The van der Waals surface area contributed by atoms with Crippen LogP contribution in [0.25, 0.3) is 0 Å². The van der Waals surface area contributed by atoms with Crippen molar-refractivity contribution in [3.63, 3.8) is 0 Å². The van der Waals surface area contributed by atoms with Gasteiger partial charge in [0.25, 0.3) is 0 Å². The second kappa shape index (κ2) is 12.5. The lowest BCUT2D eigenvalue weighted by Gasteiger charge is -2.32. The van der Waals surface area contributed by atoms with E-state index in [1.165, 1.54) is 0 Å². The SMILES string of the molecule is CCCNC(=O)CN1CCC(NC(=NCc2ccccc2OC(C)(C)C)NCC)CC1. The smallest absolute Gasteiger partial charge is 0.234 e. The summed E-state index contributed by atoms with van der Waals surface area (Å²) in [5.41, 5.74) is 0.826. The molecule has 0 spiro atoms. The lowest BCUT2D eigenvalue weighted by atomic mass is 10.1. The Labute approximate surface area is 188 Å². The quantitative estimate of drug-likeness (QED) is 0.414. The van der Waals surface area contributed by atoms with Gasteiger partial charge in [-0.05, 0) is 53.0 Å². The molecule has 1 fully saturated rings. The molecule has 1 aliphatic heterocycles. The Bertz CT molecular complexity index is 706. The lowest BCUT2D eigenvalue weighted by molar-refractivity contribution is -0.122. The van der Waals surface area contributed by atoms with Crippen LogP contribution in [-0.4, -0.2) is 61.1 Å². The molecular formula is C24H41N5O2. The van der Waals surface area contributed by atoms with Gasteiger partial charge in [0.1, 0.15) is 11.4 Å². The van der Waals surface area contributed by atoms with Crippen LogP contribution in [0.3, 0.4) is 0 Å². The monoisotopic (exact) mass is 431 g/mol. The molecule has 174 valence electrons. The molecule has 1 saturated heterocycles. The maximum absolute atomic E-state index is 11.9. The van der Waals surface area contributed by atoms with Crippen molar-refractivity contribution in [1.82, 2.24) is 20.9 Å². The van der Waals surface area contributed by atoms with E-state index in [1.807, 2.05) is 18.2 Å². The van der Waals surface area contributed by atoms with Gasteiger partial charge in [0.15, 0.2) is 5.96 Å². The Morgan fingerprint density at radius 3 is 2.52 bits per heavy atom. The number of amides is 1. The molecule has 1 aliphatic rings. The van der Waals surface area contributed by atoms with Gasteiger partial charge in [-0.3, -0.25) is 9.69 Å². The molecule has 1 amide bonds. The fourth-order valence-corrected chi connectivity index (χ4v) is 3.50. The third-order valence-electron chi connectivity index (χ3n) is 5.01. The summed E-state index contributed by atoms with van der Waals surface area (Å²) in [6, 6.07) is 8.44. The predicted molar refractivity (Wildman–Crippen MR) is 128 cm³/mol. The summed E-state index contributed by atoms with van der Waals surface area (Å²) in [5.74, 6) is 1.83. The van der Waals surface area contributed by atoms with E-state index < -0.39 is 0 Å². The van der Waals surface area contributed by atoms with Crippen molar-refractivity contribution in [2.45, 2.75) is 72.1 Å². The van der Waals surface area contributed by atoms with E-state index in [4.69, 9.17) is 9.73 Å². The molecule has 0 bridgehead atoms. The van der Waals surface area contributed by atoms with E-state index >= 15 is 0 Å². The van der Waals surface area contributed by atoms with Gasteiger partial charge in [-0.1, -0.05) is 25.1 Å². The second-order valence-corrected chi connectivity index (χ2v) is 9.06. The minimum absolute atomic E-state index is 0.124. The van der Waals surface area contributed by atoms with Crippen LogP contribution in [-0.2, 0) is 11.3 Å². The van der Waals surface area contributed by atoms with Crippen molar-refractivity contribution in [1.29, 1.82) is 0 Å². The number of para-hydroxylation sites is 1. The first-order valence-electron chi connectivity index (χ1n) is 11.6. The van der Waals surface area contributed by atoms with Gasteiger partial charge in [0, 0.05) is 37.8 Å². The van der Waals surface area contributed by atoms with E-state index in [0.717, 1.165) is 62.7 Å². The Kier molecular flexibility index (Phi) is 10.1. The highest BCUT2D eigenvalue weighted by Crippen LogP contribution is 2.23. The molecule has 2 rings (SSSR count). The lowest BCUT2D eigenvalue weighted by Crippen LogP contribution is -2.50. The highest BCUT2D eigenvalue weighted by molar-refractivity contribution is 5.80. The summed E-state index contributed by atoms with van der Waals surface area (Å²) in [7, 11) is 0. The van der Waals surface area contributed by atoms with Gasteiger partial charge < -0.3 is 20.7 Å². The zero-order valence-corrected chi connectivity index (χ0v) is 20.0. The number of aliphatic imine (C=N–C) groups is 1. The third kappa shape index (κ3) is 9.59. The molecule has 0 unspecified atom stereocenters. The highest BCUT2D eigenvalue weighted by Gasteiger charge is 2.21. The van der Waals surface area contributed by atoms with Crippen LogP contribution >= 0.6 is 0 Å². The number of hydrogen-bond acceptors (Lipinski definition) is 4. The number of rotatable bonds is 9. The summed E-state index contributed by atoms with van der Waals surface area (Å²) in [6.07, 6.45) is 2.96. The van der Waals surface area contributed by atoms with Crippen molar-refractivity contribution >= 4 is 11.9 Å². The molecule has 0 atom stereocenters. The van der Waals surface area contributed by atoms with E-state index in [9.17, 15) is 4.79 Å². The van der Waals surface area contributed by atoms with Crippen LogP contribution in [0.1, 0.15) is 59.4 Å². The number of piperidine rings is 1.